The molecule has 0 aliphatic carbocycles. The van der Waals surface area contributed by atoms with Gasteiger partial charge in [-0.05, 0) is 41.5 Å². The van der Waals surface area contributed by atoms with E-state index in [1.807, 2.05) is 106 Å². The smallest absolute Gasteiger partial charge is 0.244 e. The normalized spacial score (nSPS) is 13.3. The van der Waals surface area contributed by atoms with Gasteiger partial charge in [0.05, 0.1) is 6.04 Å². The van der Waals surface area contributed by atoms with Gasteiger partial charge in [-0.15, -0.1) is 0 Å². The lowest BCUT2D eigenvalue weighted by molar-refractivity contribution is -0.136. The highest BCUT2D eigenvalue weighted by Gasteiger charge is 2.28. The first kappa shape index (κ1) is 28.6. The summed E-state index contributed by atoms with van der Waals surface area (Å²) in [6.07, 6.45) is 0.565. The molecule has 0 unspecified atom stereocenters. The summed E-state index contributed by atoms with van der Waals surface area (Å²) in [6.45, 7) is 5.81. The number of hydroxylamine groups is 1. The van der Waals surface area contributed by atoms with Crippen LogP contribution in [0.15, 0.2) is 84.9 Å². The van der Waals surface area contributed by atoms with Crippen LogP contribution in [-0.4, -0.2) is 29.0 Å². The molecule has 0 aromatic heterocycles. The number of hydrogen-bond acceptors (Lipinski definition) is 4. The Morgan fingerprint density at radius 3 is 1.89 bits per heavy atom. The second kappa shape index (κ2) is 14.1. The molecular weight excluding hydrogens is 478 g/mol. The zero-order valence-corrected chi connectivity index (χ0v) is 22.2. The van der Waals surface area contributed by atoms with Gasteiger partial charge in [0.15, 0.2) is 0 Å². The maximum atomic E-state index is 13.4. The van der Waals surface area contributed by atoms with Crippen LogP contribution >= 0.6 is 0 Å². The Balaban J connectivity index is 1.80. The number of nitrogens with one attached hydrogen (secondary N) is 3. The Hall–Kier alpha value is -3.97. The first-order valence-corrected chi connectivity index (χ1v) is 13.0. The Labute approximate surface area is 224 Å². The van der Waals surface area contributed by atoms with Crippen LogP contribution in [-0.2, 0) is 20.8 Å². The van der Waals surface area contributed by atoms with E-state index in [0.717, 1.165) is 22.3 Å². The molecule has 3 aromatic rings. The van der Waals surface area contributed by atoms with Crippen LogP contribution in [0.1, 0.15) is 50.8 Å². The minimum atomic E-state index is -0.844. The average molecular weight is 516 g/mol. The predicted molar refractivity (Wildman–Crippen MR) is 148 cm³/mol. The van der Waals surface area contributed by atoms with E-state index < -0.39 is 23.8 Å². The molecule has 3 amide bonds. The summed E-state index contributed by atoms with van der Waals surface area (Å²) in [5.41, 5.74) is 5.61. The highest BCUT2D eigenvalue weighted by atomic mass is 16.5. The van der Waals surface area contributed by atoms with Gasteiger partial charge in [-0.3, -0.25) is 19.6 Å². The van der Waals surface area contributed by atoms with Crippen molar-refractivity contribution in [3.8, 4) is 11.1 Å². The van der Waals surface area contributed by atoms with Crippen molar-refractivity contribution in [2.24, 2.45) is 11.8 Å². The Morgan fingerprint density at radius 1 is 0.737 bits per heavy atom. The lowest BCUT2D eigenvalue weighted by Crippen LogP contribution is -2.50. The zero-order valence-electron chi connectivity index (χ0n) is 22.2. The molecule has 7 heteroatoms. The monoisotopic (exact) mass is 515 g/mol. The summed E-state index contributed by atoms with van der Waals surface area (Å²) in [5, 5.41) is 14.9. The first-order chi connectivity index (χ1) is 18.3. The van der Waals surface area contributed by atoms with E-state index in [1.165, 1.54) is 0 Å². The lowest BCUT2D eigenvalue weighted by Gasteiger charge is -2.25. The van der Waals surface area contributed by atoms with E-state index in [4.69, 9.17) is 5.21 Å². The molecule has 38 heavy (non-hydrogen) atoms. The summed E-state index contributed by atoms with van der Waals surface area (Å²) in [6, 6.07) is 26.4. The van der Waals surface area contributed by atoms with E-state index in [-0.39, 0.29) is 30.7 Å². The van der Waals surface area contributed by atoms with Gasteiger partial charge in [-0.25, -0.2) is 5.48 Å². The van der Waals surface area contributed by atoms with Crippen LogP contribution in [0.3, 0.4) is 0 Å². The van der Waals surface area contributed by atoms with Gasteiger partial charge < -0.3 is 10.6 Å². The molecule has 3 rings (SSSR count). The number of amides is 3. The molecule has 7 nitrogen and oxygen atoms in total. The number of carbonyl (C=O) groups is 3. The Bertz CT molecular complexity index is 1180. The molecule has 0 saturated carbocycles. The molecular formula is C31H37N3O4. The van der Waals surface area contributed by atoms with E-state index in [2.05, 4.69) is 10.6 Å². The van der Waals surface area contributed by atoms with Crippen LogP contribution in [0.5, 0.6) is 0 Å². The van der Waals surface area contributed by atoms with Gasteiger partial charge in [0.1, 0.15) is 6.04 Å². The third-order valence-corrected chi connectivity index (χ3v) is 6.48. The largest absolute Gasteiger partial charge is 0.348 e. The molecule has 0 spiro atoms. The van der Waals surface area contributed by atoms with E-state index in [1.54, 1.807) is 5.48 Å². The summed E-state index contributed by atoms with van der Waals surface area (Å²) < 4.78 is 0. The van der Waals surface area contributed by atoms with E-state index >= 15 is 0 Å². The fraction of sp³-hybridized carbons (Fsp3) is 0.323. The van der Waals surface area contributed by atoms with E-state index in [9.17, 15) is 14.4 Å². The number of benzene rings is 3. The molecule has 3 atom stereocenters. The zero-order chi connectivity index (χ0) is 27.5. The molecule has 0 bridgehead atoms. The molecule has 0 aliphatic rings. The van der Waals surface area contributed by atoms with Gasteiger partial charge in [-0.1, -0.05) is 98.8 Å². The third kappa shape index (κ3) is 8.56. The van der Waals surface area contributed by atoms with Gasteiger partial charge in [0.25, 0.3) is 0 Å². The van der Waals surface area contributed by atoms with Gasteiger partial charge in [0, 0.05) is 18.8 Å². The molecule has 200 valence electrons. The van der Waals surface area contributed by atoms with Gasteiger partial charge >= 0.3 is 0 Å². The van der Waals surface area contributed by atoms with Crippen molar-refractivity contribution in [1.29, 1.82) is 0 Å². The molecule has 0 radical (unpaired) electrons. The Morgan fingerprint density at radius 2 is 1.32 bits per heavy atom. The van der Waals surface area contributed by atoms with Crippen molar-refractivity contribution in [2.45, 2.75) is 52.1 Å². The van der Waals surface area contributed by atoms with Crippen LogP contribution in [0.25, 0.3) is 11.1 Å². The molecule has 0 heterocycles. The standard InChI is InChI=1S/C31H37N3O4/c1-21(2)18-27(20-29(35)34-38)30(36)33-28(31(37)32-22(3)24-10-6-4-7-11-24)19-23-14-16-26(17-15-23)25-12-8-5-9-13-25/h4-17,21-22,27-28,38H,18-20H2,1-3H3,(H,32,37)(H,33,36)(H,34,35)/t22-,27+,28-/m0/s1. The third-order valence-electron chi connectivity index (χ3n) is 6.48. The van der Waals surface area contributed by atoms with Crippen LogP contribution in [0.4, 0.5) is 0 Å². The summed E-state index contributed by atoms with van der Waals surface area (Å²) in [5.74, 6) is -1.87. The molecule has 0 fully saturated rings. The predicted octanol–water partition coefficient (Wildman–Crippen LogP) is 4.82. The van der Waals surface area contributed by atoms with E-state index in [0.29, 0.717) is 6.42 Å². The van der Waals surface area contributed by atoms with Crippen molar-refractivity contribution < 1.29 is 19.6 Å². The maximum Gasteiger partial charge on any atom is 0.244 e. The summed E-state index contributed by atoms with van der Waals surface area (Å²) >= 11 is 0. The van der Waals surface area contributed by atoms with Gasteiger partial charge in [0.2, 0.25) is 17.7 Å². The fourth-order valence-electron chi connectivity index (χ4n) is 4.46. The van der Waals surface area contributed by atoms with Crippen molar-refractivity contribution in [2.75, 3.05) is 0 Å². The SMILES string of the molecule is CC(C)C[C@H](CC(=O)NO)C(=O)N[C@@H](Cc1ccc(-c2ccccc2)cc1)C(=O)N[C@@H](C)c1ccccc1. The minimum absolute atomic E-state index is 0.146. The fourth-order valence-corrected chi connectivity index (χ4v) is 4.46. The van der Waals surface area contributed by atoms with Gasteiger partial charge in [-0.2, -0.15) is 0 Å². The summed E-state index contributed by atoms with van der Waals surface area (Å²) in [7, 11) is 0. The maximum absolute atomic E-state index is 13.4. The highest BCUT2D eigenvalue weighted by Crippen LogP contribution is 2.21. The second-order valence-electron chi connectivity index (χ2n) is 10.0. The lowest BCUT2D eigenvalue weighted by atomic mass is 9.92. The molecule has 0 saturated heterocycles. The first-order valence-electron chi connectivity index (χ1n) is 13.0. The van der Waals surface area contributed by atoms with Crippen LogP contribution in [0, 0.1) is 11.8 Å². The van der Waals surface area contributed by atoms with Crippen molar-refractivity contribution >= 4 is 17.7 Å². The summed E-state index contributed by atoms with van der Waals surface area (Å²) in [4.78, 5) is 38.6. The topological polar surface area (TPSA) is 108 Å². The van der Waals surface area contributed by atoms with Crippen molar-refractivity contribution in [1.82, 2.24) is 16.1 Å². The number of carbonyl (C=O) groups excluding carboxylic acids is 3. The average Bonchev–Trinajstić information content (AvgIpc) is 2.93. The highest BCUT2D eigenvalue weighted by molar-refractivity contribution is 5.91. The second-order valence-corrected chi connectivity index (χ2v) is 10.0. The molecule has 0 aliphatic heterocycles. The van der Waals surface area contributed by atoms with Crippen molar-refractivity contribution in [3.63, 3.8) is 0 Å². The van der Waals surface area contributed by atoms with Crippen LogP contribution < -0.4 is 16.1 Å². The van der Waals surface area contributed by atoms with Crippen LogP contribution in [0.2, 0.25) is 0 Å². The number of hydrogen-bond donors (Lipinski definition) is 4. The Kier molecular flexibility index (Phi) is 10.6. The molecule has 4 N–H and O–H groups in total. The minimum Gasteiger partial charge on any atom is -0.348 e. The number of rotatable bonds is 12. The van der Waals surface area contributed by atoms with Crippen molar-refractivity contribution in [3.05, 3.63) is 96.1 Å². The quantitative estimate of drug-likeness (QED) is 0.205. The molecule has 3 aromatic carbocycles.